The Kier molecular flexibility index (Phi) is 4.38. The fraction of sp³-hybridized carbons (Fsp3) is 0.533. The summed E-state index contributed by atoms with van der Waals surface area (Å²) in [5.41, 5.74) is 1.33. The van der Waals surface area contributed by atoms with Crippen molar-refractivity contribution in [3.63, 3.8) is 0 Å². The molecule has 0 aliphatic carbocycles. The van der Waals surface area contributed by atoms with Gasteiger partial charge in [-0.3, -0.25) is 4.79 Å². The third-order valence-electron chi connectivity index (χ3n) is 2.73. The first-order valence-electron chi connectivity index (χ1n) is 6.33. The molecule has 100 valence electrons. The number of phenolic OH excluding ortho intramolecular Hbond substituents is 1. The minimum atomic E-state index is -0.177. The average Bonchev–Trinajstić information content (AvgIpc) is 2.24. The van der Waals surface area contributed by atoms with Crippen LogP contribution in [0.3, 0.4) is 0 Å². The number of carbonyl (C=O) groups is 1. The van der Waals surface area contributed by atoms with Crippen LogP contribution in [0.25, 0.3) is 0 Å². The molecule has 0 bridgehead atoms. The maximum absolute atomic E-state index is 12.1. The molecular weight excluding hydrogens is 226 g/mol. The van der Waals surface area contributed by atoms with Crippen molar-refractivity contribution in [1.82, 2.24) is 5.32 Å². The van der Waals surface area contributed by atoms with E-state index >= 15 is 0 Å². The predicted octanol–water partition coefficient (Wildman–Crippen LogP) is 3.08. The van der Waals surface area contributed by atoms with Crippen LogP contribution < -0.4 is 5.32 Å². The van der Waals surface area contributed by atoms with E-state index in [1.807, 2.05) is 20.8 Å². The van der Waals surface area contributed by atoms with Crippen LogP contribution >= 0.6 is 0 Å². The first kappa shape index (κ1) is 14.6. The van der Waals surface area contributed by atoms with Crippen molar-refractivity contribution in [2.75, 3.05) is 6.54 Å². The van der Waals surface area contributed by atoms with Gasteiger partial charge in [0, 0.05) is 12.1 Å². The molecule has 0 aliphatic rings. The van der Waals surface area contributed by atoms with Gasteiger partial charge < -0.3 is 10.4 Å². The van der Waals surface area contributed by atoms with Crippen molar-refractivity contribution in [3.05, 3.63) is 29.3 Å². The number of phenols is 1. The Balaban J connectivity index is 3.05. The van der Waals surface area contributed by atoms with Gasteiger partial charge in [-0.15, -0.1) is 0 Å². The lowest BCUT2D eigenvalue weighted by molar-refractivity contribution is 0.0947. The highest BCUT2D eigenvalue weighted by Crippen LogP contribution is 2.29. The number of aromatic hydroxyl groups is 1. The van der Waals surface area contributed by atoms with Crippen LogP contribution in [-0.2, 0) is 5.41 Å². The molecule has 0 aliphatic heterocycles. The van der Waals surface area contributed by atoms with Crippen molar-refractivity contribution in [3.8, 4) is 5.75 Å². The topological polar surface area (TPSA) is 49.3 Å². The number of amides is 1. The average molecular weight is 249 g/mol. The summed E-state index contributed by atoms with van der Waals surface area (Å²) in [4.78, 5) is 12.1. The maximum atomic E-state index is 12.1. The van der Waals surface area contributed by atoms with Crippen molar-refractivity contribution >= 4 is 5.91 Å². The summed E-state index contributed by atoms with van der Waals surface area (Å²) in [6.07, 6.45) is 0. The van der Waals surface area contributed by atoms with Gasteiger partial charge in [0.2, 0.25) is 0 Å². The van der Waals surface area contributed by atoms with Gasteiger partial charge in [0.25, 0.3) is 5.91 Å². The summed E-state index contributed by atoms with van der Waals surface area (Å²) >= 11 is 0. The van der Waals surface area contributed by atoms with Gasteiger partial charge in [0.15, 0.2) is 0 Å². The largest absolute Gasteiger partial charge is 0.508 e. The number of hydrogen-bond acceptors (Lipinski definition) is 2. The van der Waals surface area contributed by atoms with Crippen LogP contribution in [0, 0.1) is 5.92 Å². The highest BCUT2D eigenvalue weighted by atomic mass is 16.3. The summed E-state index contributed by atoms with van der Waals surface area (Å²) in [5, 5.41) is 12.5. The molecule has 0 heterocycles. The minimum absolute atomic E-state index is 0.0753. The molecule has 1 aromatic carbocycles. The summed E-state index contributed by atoms with van der Waals surface area (Å²) in [6, 6.07) is 4.91. The monoisotopic (exact) mass is 249 g/mol. The van der Waals surface area contributed by atoms with E-state index in [1.54, 1.807) is 18.2 Å². The molecule has 3 nitrogen and oxygen atoms in total. The second kappa shape index (κ2) is 5.42. The number of carbonyl (C=O) groups excluding carboxylic acids is 1. The Labute approximate surface area is 109 Å². The van der Waals surface area contributed by atoms with E-state index in [1.165, 1.54) is 0 Å². The highest BCUT2D eigenvalue weighted by Gasteiger charge is 2.22. The van der Waals surface area contributed by atoms with Gasteiger partial charge in [0.1, 0.15) is 5.75 Å². The van der Waals surface area contributed by atoms with E-state index in [9.17, 15) is 9.90 Å². The van der Waals surface area contributed by atoms with Gasteiger partial charge in [-0.25, -0.2) is 0 Å². The first-order chi connectivity index (χ1) is 8.21. The lowest BCUT2D eigenvalue weighted by atomic mass is 9.83. The van der Waals surface area contributed by atoms with E-state index in [0.717, 1.165) is 5.56 Å². The summed E-state index contributed by atoms with van der Waals surface area (Å²) in [7, 11) is 0. The molecule has 0 saturated heterocycles. The van der Waals surface area contributed by atoms with Crippen LogP contribution in [0.2, 0.25) is 0 Å². The van der Waals surface area contributed by atoms with Crippen molar-refractivity contribution in [2.45, 2.75) is 40.0 Å². The number of rotatable bonds is 3. The van der Waals surface area contributed by atoms with E-state index in [0.29, 0.717) is 18.0 Å². The van der Waals surface area contributed by atoms with E-state index in [4.69, 9.17) is 0 Å². The summed E-state index contributed by atoms with van der Waals surface area (Å²) in [5.74, 6) is 0.540. The Morgan fingerprint density at radius 3 is 2.44 bits per heavy atom. The molecule has 1 amide bonds. The molecule has 0 saturated carbocycles. The van der Waals surface area contributed by atoms with Gasteiger partial charge in [-0.05, 0) is 35.1 Å². The zero-order valence-electron chi connectivity index (χ0n) is 11.9. The third-order valence-corrected chi connectivity index (χ3v) is 2.73. The zero-order valence-corrected chi connectivity index (χ0v) is 11.9. The first-order valence-corrected chi connectivity index (χ1v) is 6.33. The fourth-order valence-electron chi connectivity index (χ4n) is 1.74. The van der Waals surface area contributed by atoms with Gasteiger partial charge in [-0.1, -0.05) is 34.6 Å². The molecule has 3 heteroatoms. The molecule has 0 spiro atoms. The molecule has 0 radical (unpaired) electrons. The molecular formula is C15H23NO2. The second-order valence-electron chi connectivity index (χ2n) is 6.08. The number of benzene rings is 1. The third kappa shape index (κ3) is 3.76. The fourth-order valence-corrected chi connectivity index (χ4v) is 1.74. The molecule has 0 atom stereocenters. The van der Waals surface area contributed by atoms with Crippen molar-refractivity contribution in [2.24, 2.45) is 5.92 Å². The van der Waals surface area contributed by atoms with Crippen LogP contribution in [0.15, 0.2) is 18.2 Å². The molecule has 0 unspecified atom stereocenters. The molecule has 0 aromatic heterocycles. The Morgan fingerprint density at radius 1 is 1.33 bits per heavy atom. The van der Waals surface area contributed by atoms with Crippen LogP contribution in [0.4, 0.5) is 0 Å². The standard InChI is InChI=1S/C15H23NO2/c1-10(2)9-16-14(18)12-7-6-11(17)8-13(12)15(3,4)5/h6-8,10,17H,9H2,1-5H3,(H,16,18). The number of nitrogens with one attached hydrogen (secondary N) is 1. The van der Waals surface area contributed by atoms with Gasteiger partial charge in [-0.2, -0.15) is 0 Å². The second-order valence-corrected chi connectivity index (χ2v) is 6.08. The molecule has 2 N–H and O–H groups in total. The highest BCUT2D eigenvalue weighted by molar-refractivity contribution is 5.96. The maximum Gasteiger partial charge on any atom is 0.251 e. The quantitative estimate of drug-likeness (QED) is 0.865. The summed E-state index contributed by atoms with van der Waals surface area (Å²) in [6.45, 7) is 10.9. The lowest BCUT2D eigenvalue weighted by Gasteiger charge is -2.23. The Bertz CT molecular complexity index is 431. The van der Waals surface area contributed by atoms with Crippen LogP contribution in [-0.4, -0.2) is 17.6 Å². The van der Waals surface area contributed by atoms with Crippen molar-refractivity contribution < 1.29 is 9.90 Å². The SMILES string of the molecule is CC(C)CNC(=O)c1ccc(O)cc1C(C)(C)C. The lowest BCUT2D eigenvalue weighted by Crippen LogP contribution is -2.29. The Morgan fingerprint density at radius 2 is 1.94 bits per heavy atom. The van der Waals surface area contributed by atoms with Crippen LogP contribution in [0.5, 0.6) is 5.75 Å². The predicted molar refractivity (Wildman–Crippen MR) is 74.0 cm³/mol. The van der Waals surface area contributed by atoms with E-state index < -0.39 is 0 Å². The van der Waals surface area contributed by atoms with E-state index in [-0.39, 0.29) is 17.1 Å². The number of hydrogen-bond donors (Lipinski definition) is 2. The zero-order chi connectivity index (χ0) is 13.9. The van der Waals surface area contributed by atoms with Gasteiger partial charge >= 0.3 is 0 Å². The normalized spacial score (nSPS) is 11.7. The smallest absolute Gasteiger partial charge is 0.251 e. The molecule has 1 aromatic rings. The van der Waals surface area contributed by atoms with Crippen LogP contribution in [0.1, 0.15) is 50.5 Å². The molecule has 0 fully saturated rings. The van der Waals surface area contributed by atoms with Crippen molar-refractivity contribution in [1.29, 1.82) is 0 Å². The molecule has 18 heavy (non-hydrogen) atoms. The van der Waals surface area contributed by atoms with E-state index in [2.05, 4.69) is 19.2 Å². The molecule has 1 rings (SSSR count). The summed E-state index contributed by atoms with van der Waals surface area (Å²) < 4.78 is 0. The minimum Gasteiger partial charge on any atom is -0.508 e. The van der Waals surface area contributed by atoms with Gasteiger partial charge in [0.05, 0.1) is 0 Å². The Hall–Kier alpha value is -1.51.